The van der Waals surface area contributed by atoms with Gasteiger partial charge in [-0.25, -0.2) is 19.6 Å². The van der Waals surface area contributed by atoms with Crippen LogP contribution < -0.4 is 9.80 Å². The predicted octanol–water partition coefficient (Wildman–Crippen LogP) is 23.9. The normalized spacial score (nSPS) is 17.0. The van der Waals surface area contributed by atoms with Crippen LogP contribution in [0.15, 0.2) is 131 Å². The minimum atomic E-state index is -2.24. The van der Waals surface area contributed by atoms with Gasteiger partial charge in [-0.05, 0) is 111 Å². The van der Waals surface area contributed by atoms with Gasteiger partial charge in [0.1, 0.15) is 38.5 Å². The molecule has 8 aromatic rings. The molecule has 682 valence electrons. The quantitative estimate of drug-likeness (QED) is 0.0114. The fraction of sp³-hybridized carbons (Fsp3) is 0.583. The molecule has 0 radical (unpaired) electrons. The van der Waals surface area contributed by atoms with Crippen molar-refractivity contribution in [1.82, 2.24) is 39.2 Å². The van der Waals surface area contributed by atoms with Crippen LogP contribution in [0, 0.1) is 0 Å². The zero-order valence-corrected chi connectivity index (χ0v) is 87.6. The summed E-state index contributed by atoms with van der Waals surface area (Å²) >= 11 is 1.77. The Morgan fingerprint density at radius 3 is 1.16 bits per heavy atom. The third kappa shape index (κ3) is 29.0. The van der Waals surface area contributed by atoms with Crippen LogP contribution in [0.25, 0.3) is 61.8 Å². The summed E-state index contributed by atoms with van der Waals surface area (Å²) in [5.41, 5.74) is 9.42. The maximum Gasteiger partial charge on any atom is 0.338 e. The van der Waals surface area contributed by atoms with Gasteiger partial charge in [0.15, 0.2) is 28.3 Å². The van der Waals surface area contributed by atoms with Gasteiger partial charge >= 0.3 is 132 Å². The first kappa shape index (κ1) is 103. The van der Waals surface area contributed by atoms with Crippen molar-refractivity contribution in [3.05, 3.63) is 148 Å². The monoisotopic (exact) mass is 1940 g/mol. The van der Waals surface area contributed by atoms with E-state index in [0.717, 1.165) is 114 Å². The first-order valence-electron chi connectivity index (χ1n) is 45.4. The van der Waals surface area contributed by atoms with Crippen molar-refractivity contribution >= 4 is 107 Å². The molecule has 2 aromatic carbocycles. The van der Waals surface area contributed by atoms with Gasteiger partial charge in [-0.2, -0.15) is 19.2 Å². The molecule has 0 spiro atoms. The first-order chi connectivity index (χ1) is 59.1. The molecule has 22 nitrogen and oxygen atoms in total. The summed E-state index contributed by atoms with van der Waals surface area (Å²) in [6.45, 7) is 53.2. The number of carbonyl (C=O) groups is 2. The molecule has 0 unspecified atom stereocenters. The van der Waals surface area contributed by atoms with Crippen LogP contribution in [0.4, 0.5) is 11.6 Å². The Hall–Kier alpha value is -6.49. The zero-order valence-electron chi connectivity index (χ0n) is 79.1. The SMILES string of the molecule is C=C(OCC)c1c(C2CCC(OC)(C(=O)OC)CC2)nc2c(-c3ccc(-c4ccccc4)nc3)cnn2c1N(COCC[Si](C)(C)C)COCC[Si](C)(C)C.C=[C](OCC)[Sn]([CH2]CCC)([CH2]CCC)[CH2]CCC.COC(=O)C1(OC)CCC(c2nc3c(-c4ccc(-c5ccccc5)nc4)cnn3c(N(COCC[Si](C)(C)C)COCC[Si](C)(C)C)c2Br)CC1. The molecule has 124 heavy (non-hydrogen) atoms. The Kier molecular flexibility index (Phi) is 40.5. The summed E-state index contributed by atoms with van der Waals surface area (Å²) in [5, 5.41) is 9.93. The summed E-state index contributed by atoms with van der Waals surface area (Å²) in [5.74, 6) is 1.43. The summed E-state index contributed by atoms with van der Waals surface area (Å²) < 4.78 is 70.0. The minimum absolute atomic E-state index is 0.0345. The molecule has 2 aliphatic rings. The molecule has 2 fully saturated rings. The number of aromatic nitrogens is 8. The van der Waals surface area contributed by atoms with Crippen LogP contribution in [-0.2, 0) is 57.0 Å². The molecule has 6 heterocycles. The number of unbranched alkanes of at least 4 members (excludes halogenated alkanes) is 3. The largest absolute Gasteiger partial charge is 0.467 e. The molecule has 6 aromatic heterocycles. The summed E-state index contributed by atoms with van der Waals surface area (Å²) in [6.07, 6.45) is 20.4. The van der Waals surface area contributed by atoms with Gasteiger partial charge in [0, 0.05) is 131 Å². The number of hydrogen-bond acceptors (Lipinski definition) is 20. The number of fused-ring (bicyclic) bond motifs is 2. The number of hydrogen-bond donors (Lipinski definition) is 0. The molecule has 0 aliphatic heterocycles. The first-order valence-corrected chi connectivity index (χ1v) is 68.5. The maximum absolute atomic E-state index is 13.0. The fourth-order valence-corrected chi connectivity index (χ4v) is 34.4. The van der Waals surface area contributed by atoms with E-state index in [-0.39, 0.29) is 37.2 Å². The zero-order chi connectivity index (χ0) is 90.5. The van der Waals surface area contributed by atoms with Gasteiger partial charge in [0.2, 0.25) is 0 Å². The van der Waals surface area contributed by atoms with Crippen molar-refractivity contribution in [1.29, 1.82) is 0 Å². The van der Waals surface area contributed by atoms with E-state index in [9.17, 15) is 9.59 Å². The van der Waals surface area contributed by atoms with E-state index < -0.39 is 61.9 Å². The van der Waals surface area contributed by atoms with E-state index in [4.69, 9.17) is 77.5 Å². The average Bonchev–Trinajstić information content (AvgIpc) is 1.51. The number of methoxy groups -OCH3 is 4. The third-order valence-electron chi connectivity index (χ3n) is 23.9. The molecule has 0 bridgehead atoms. The van der Waals surface area contributed by atoms with E-state index >= 15 is 0 Å². The predicted molar refractivity (Wildman–Crippen MR) is 524 cm³/mol. The Morgan fingerprint density at radius 1 is 0.476 bits per heavy atom. The van der Waals surface area contributed by atoms with E-state index in [1.165, 1.54) is 69.8 Å². The van der Waals surface area contributed by atoms with Gasteiger partial charge in [0.05, 0.1) is 66.0 Å². The van der Waals surface area contributed by atoms with Gasteiger partial charge < -0.3 is 52.4 Å². The van der Waals surface area contributed by atoms with Crippen LogP contribution in [-0.4, -0.2) is 208 Å². The van der Waals surface area contributed by atoms with Crippen LogP contribution in [0.3, 0.4) is 0 Å². The van der Waals surface area contributed by atoms with Gasteiger partial charge in [-0.3, -0.25) is 9.97 Å². The molecular weight excluding hydrogens is 1800 g/mol. The van der Waals surface area contributed by atoms with E-state index in [1.54, 1.807) is 14.2 Å². The third-order valence-corrected chi connectivity index (χ3v) is 46.5. The summed E-state index contributed by atoms with van der Waals surface area (Å²) in [7, 11) is 0.742. The average molecular weight is 1950 g/mol. The molecule has 28 heteroatoms. The van der Waals surface area contributed by atoms with Crippen molar-refractivity contribution in [2.45, 2.75) is 264 Å². The molecule has 2 aliphatic carbocycles. The number of ether oxygens (including phenoxy) is 10. The molecule has 0 N–H and O–H groups in total. The maximum atomic E-state index is 13.0. The second-order valence-electron chi connectivity index (χ2n) is 38.2. The Labute approximate surface area is 758 Å². The van der Waals surface area contributed by atoms with E-state index in [1.807, 2.05) is 89.3 Å². The molecule has 10 rings (SSSR count). The number of anilines is 2. The van der Waals surface area contributed by atoms with Crippen LogP contribution in [0.5, 0.6) is 0 Å². The summed E-state index contributed by atoms with van der Waals surface area (Å²) in [4.78, 5) is 50.4. The molecular formula is C96H149BrN10O12Si4Sn. The van der Waals surface area contributed by atoms with Crippen LogP contribution in [0.2, 0.25) is 116 Å². The van der Waals surface area contributed by atoms with Crippen molar-refractivity contribution in [2.75, 3.05) is 105 Å². The van der Waals surface area contributed by atoms with E-state index in [0.29, 0.717) is 109 Å². The number of rotatable bonds is 47. The number of carbonyl (C=O) groups excluding carboxylic acids is 2. The van der Waals surface area contributed by atoms with Crippen LogP contribution >= 0.6 is 15.9 Å². The number of benzene rings is 2. The second-order valence-corrected chi connectivity index (χ2v) is 74.7. The van der Waals surface area contributed by atoms with Crippen LogP contribution in [0.1, 0.15) is 153 Å². The van der Waals surface area contributed by atoms with Crippen molar-refractivity contribution in [3.63, 3.8) is 0 Å². The van der Waals surface area contributed by atoms with E-state index in [2.05, 4.69) is 182 Å². The number of halogens is 1. The fourth-order valence-electron chi connectivity index (χ4n) is 16.0. The smallest absolute Gasteiger partial charge is 0.338 e. The summed E-state index contributed by atoms with van der Waals surface area (Å²) in [6, 6.07) is 32.7. The van der Waals surface area contributed by atoms with Crippen molar-refractivity contribution in [3.8, 4) is 44.8 Å². The number of esters is 2. The van der Waals surface area contributed by atoms with Gasteiger partial charge in [-0.15, -0.1) is 0 Å². The Bertz CT molecular complexity index is 4550. The Morgan fingerprint density at radius 2 is 0.831 bits per heavy atom. The molecule has 0 atom stereocenters. The van der Waals surface area contributed by atoms with Gasteiger partial charge in [-0.1, -0.05) is 158 Å². The molecule has 2 saturated carbocycles. The Balaban J connectivity index is 0.000000257. The van der Waals surface area contributed by atoms with Crippen molar-refractivity contribution in [2.24, 2.45) is 0 Å². The minimum Gasteiger partial charge on any atom is -0.467 e. The topological polar surface area (TPSA) is 219 Å². The second kappa shape index (κ2) is 48.8. The molecule has 0 saturated heterocycles. The molecule has 0 amide bonds. The standard InChI is InChI=1S/C42H61N5O6Si2.C38H54BrN5O5Si2.C4H7O.3C4H9.Sn/c1-11-53-31(2)37-38(33-19-21-42(50-4,22-20-33)41(48)49-3)45-39-35(34-17-18-36(43-27-34)32-15-13-12-14-16-32)28-44-47(39)40(37)46(29-51-23-25-54(5,6)7)30-52-24-26-55(8,9)10;1-46-37(45)38(47-2)18-16-29(17-19-38)34-33(39)36(43(26-48-20-22-50(3,4)5)27-49-21-23-51(6,7)8)44-35(42-34)31(25-41-44)30-14-15-32(40-24-30)28-12-10-9-11-13-28;1-3-5-4-2;3*1-3-4-2;/h12-18,27-28,33H,2,11,19-26,29-30H2,1,3-10H3;9-15,24-25,29H,16-23,26-27H2,1-8H3;1,4H2,2H3;3*1,3-4H2,2H3;. The van der Waals surface area contributed by atoms with Crippen molar-refractivity contribution < 1.29 is 57.0 Å². The number of nitrogens with zero attached hydrogens (tertiary/aromatic N) is 10. The number of pyridine rings is 2. The van der Waals surface area contributed by atoms with Gasteiger partial charge in [0.25, 0.3) is 0 Å².